The molecule has 1 atom stereocenters. The minimum absolute atomic E-state index is 0.0723. The van der Waals surface area contributed by atoms with Crippen molar-refractivity contribution in [2.24, 2.45) is 0 Å². The Hall–Kier alpha value is -4.16. The van der Waals surface area contributed by atoms with Crippen molar-refractivity contribution in [3.63, 3.8) is 0 Å². The summed E-state index contributed by atoms with van der Waals surface area (Å²) >= 11 is 3.43. The first kappa shape index (κ1) is 34.7. The van der Waals surface area contributed by atoms with Gasteiger partial charge in [0.2, 0.25) is 11.8 Å². The second-order valence-electron chi connectivity index (χ2n) is 10.5. The van der Waals surface area contributed by atoms with Gasteiger partial charge in [-0.2, -0.15) is 13.2 Å². The quantitative estimate of drug-likeness (QED) is 0.165. The summed E-state index contributed by atoms with van der Waals surface area (Å²) in [7, 11) is -4.53. The zero-order chi connectivity index (χ0) is 33.3. The molecule has 4 aromatic rings. The van der Waals surface area contributed by atoms with Crippen LogP contribution in [0.4, 0.5) is 18.9 Å². The predicted molar refractivity (Wildman–Crippen MR) is 174 cm³/mol. The third-order valence-corrected chi connectivity index (χ3v) is 9.42. The largest absolute Gasteiger partial charge is 0.416 e. The van der Waals surface area contributed by atoms with Crippen LogP contribution in [0, 0.1) is 0 Å². The maximum atomic E-state index is 14.4. The van der Waals surface area contributed by atoms with E-state index >= 15 is 0 Å². The average Bonchev–Trinajstić information content (AvgIpc) is 3.04. The number of sulfonamides is 1. The lowest BCUT2D eigenvalue weighted by Gasteiger charge is -2.34. The molecule has 0 heterocycles. The van der Waals surface area contributed by atoms with Gasteiger partial charge in [0.25, 0.3) is 10.0 Å². The molecule has 0 saturated carbocycles. The Morgan fingerprint density at radius 2 is 1.48 bits per heavy atom. The van der Waals surface area contributed by atoms with Gasteiger partial charge in [-0.1, -0.05) is 89.6 Å². The van der Waals surface area contributed by atoms with E-state index in [-0.39, 0.29) is 23.5 Å². The van der Waals surface area contributed by atoms with Gasteiger partial charge in [-0.3, -0.25) is 13.9 Å². The molecule has 0 radical (unpaired) electrons. The van der Waals surface area contributed by atoms with E-state index in [9.17, 15) is 31.2 Å². The van der Waals surface area contributed by atoms with Crippen molar-refractivity contribution in [2.45, 2.75) is 43.4 Å². The Labute approximate surface area is 275 Å². The molecule has 12 heteroatoms. The van der Waals surface area contributed by atoms with Crippen LogP contribution in [0.1, 0.15) is 30.0 Å². The topological polar surface area (TPSA) is 86.8 Å². The number of nitrogens with one attached hydrogen (secondary N) is 1. The molecular weight excluding hydrogens is 683 g/mol. The zero-order valence-electron chi connectivity index (χ0n) is 25.0. The second kappa shape index (κ2) is 15.4. The van der Waals surface area contributed by atoms with Gasteiger partial charge in [-0.25, -0.2) is 8.42 Å². The van der Waals surface area contributed by atoms with E-state index in [1.165, 1.54) is 35.2 Å². The highest BCUT2D eigenvalue weighted by Crippen LogP contribution is 2.33. The molecule has 2 amide bonds. The lowest BCUT2D eigenvalue weighted by molar-refractivity contribution is -0.140. The van der Waals surface area contributed by atoms with Gasteiger partial charge in [0.15, 0.2) is 0 Å². The fourth-order valence-corrected chi connectivity index (χ4v) is 6.71. The smallest absolute Gasteiger partial charge is 0.354 e. The SMILES string of the molecule is CCCNC(=O)[C@@H](Cc1ccccc1)N(Cc1cccc(Br)c1)C(=O)CN(c1cccc(C(F)(F)F)c1)S(=O)(=O)c1ccccc1. The number of carbonyl (C=O) groups excluding carboxylic acids is 2. The van der Waals surface area contributed by atoms with Gasteiger partial charge >= 0.3 is 6.18 Å². The highest BCUT2D eigenvalue weighted by molar-refractivity contribution is 9.10. The fourth-order valence-electron chi connectivity index (χ4n) is 4.84. The molecular formula is C34H33BrF3N3O4S. The summed E-state index contributed by atoms with van der Waals surface area (Å²) in [5.74, 6) is -1.21. The van der Waals surface area contributed by atoms with E-state index in [1.54, 1.807) is 42.5 Å². The molecule has 0 unspecified atom stereocenters. The van der Waals surface area contributed by atoms with Crippen molar-refractivity contribution in [3.8, 4) is 0 Å². The van der Waals surface area contributed by atoms with Crippen molar-refractivity contribution in [1.29, 1.82) is 0 Å². The molecule has 242 valence electrons. The molecule has 0 bridgehead atoms. The third-order valence-electron chi connectivity index (χ3n) is 7.13. The minimum atomic E-state index is -4.76. The van der Waals surface area contributed by atoms with E-state index in [1.807, 2.05) is 25.1 Å². The highest BCUT2D eigenvalue weighted by atomic mass is 79.9. The van der Waals surface area contributed by atoms with E-state index < -0.39 is 46.2 Å². The van der Waals surface area contributed by atoms with Crippen molar-refractivity contribution in [2.75, 3.05) is 17.4 Å². The van der Waals surface area contributed by atoms with Crippen LogP contribution in [-0.2, 0) is 38.8 Å². The summed E-state index contributed by atoms with van der Waals surface area (Å²) in [6, 6.07) is 26.1. The number of carbonyl (C=O) groups is 2. The monoisotopic (exact) mass is 715 g/mol. The van der Waals surface area contributed by atoms with Crippen molar-refractivity contribution in [1.82, 2.24) is 10.2 Å². The first-order valence-corrected chi connectivity index (χ1v) is 16.7. The van der Waals surface area contributed by atoms with Crippen LogP contribution in [0.3, 0.4) is 0 Å². The molecule has 0 spiro atoms. The molecule has 1 N–H and O–H groups in total. The average molecular weight is 717 g/mol. The Morgan fingerprint density at radius 1 is 0.848 bits per heavy atom. The summed E-state index contributed by atoms with van der Waals surface area (Å²) in [5, 5.41) is 2.85. The van der Waals surface area contributed by atoms with Gasteiger partial charge in [0.05, 0.1) is 16.1 Å². The molecule has 0 aromatic heterocycles. The van der Waals surface area contributed by atoms with E-state index in [0.29, 0.717) is 28.9 Å². The van der Waals surface area contributed by atoms with Gasteiger partial charge in [0.1, 0.15) is 12.6 Å². The zero-order valence-corrected chi connectivity index (χ0v) is 27.4. The number of amides is 2. The van der Waals surface area contributed by atoms with Gasteiger partial charge in [-0.15, -0.1) is 0 Å². The lowest BCUT2D eigenvalue weighted by Crippen LogP contribution is -2.53. The summed E-state index contributed by atoms with van der Waals surface area (Å²) in [6.45, 7) is 1.30. The molecule has 0 aliphatic rings. The third kappa shape index (κ3) is 8.97. The number of hydrogen-bond donors (Lipinski definition) is 1. The van der Waals surface area contributed by atoms with E-state index in [0.717, 1.165) is 22.2 Å². The Bertz CT molecular complexity index is 1740. The number of anilines is 1. The molecule has 4 aromatic carbocycles. The predicted octanol–water partition coefficient (Wildman–Crippen LogP) is 6.83. The van der Waals surface area contributed by atoms with Crippen LogP contribution in [0.25, 0.3) is 0 Å². The molecule has 46 heavy (non-hydrogen) atoms. The fraction of sp³-hybridized carbons (Fsp3) is 0.235. The number of halogens is 4. The van der Waals surface area contributed by atoms with E-state index in [2.05, 4.69) is 21.2 Å². The maximum Gasteiger partial charge on any atom is 0.416 e. The number of alkyl halides is 3. The van der Waals surface area contributed by atoms with Crippen LogP contribution >= 0.6 is 15.9 Å². The Kier molecular flexibility index (Phi) is 11.6. The molecule has 0 fully saturated rings. The molecule has 4 rings (SSSR count). The molecule has 0 aliphatic carbocycles. The molecule has 0 aliphatic heterocycles. The summed E-state index contributed by atoms with van der Waals surface area (Å²) in [4.78, 5) is 29.1. The number of rotatable bonds is 13. The van der Waals surface area contributed by atoms with Gasteiger partial charge < -0.3 is 10.2 Å². The van der Waals surface area contributed by atoms with Crippen molar-refractivity contribution >= 4 is 43.5 Å². The normalized spacial score (nSPS) is 12.3. The standard InChI is InChI=1S/C34H33BrF3N3O4S/c1-2-19-39-33(43)31(21-25-11-5-3-6-12-25)40(23-26-13-9-15-28(35)20-26)32(42)24-41(46(44,45)30-17-7-4-8-18-30)29-16-10-14-27(22-29)34(36,37)38/h3-18,20,22,31H,2,19,21,23-24H2,1H3,(H,39,43)/t31-/m1/s1. The van der Waals surface area contributed by atoms with E-state index in [4.69, 9.17) is 0 Å². The summed E-state index contributed by atoms with van der Waals surface area (Å²) in [5.41, 5.74) is 0.000485. The van der Waals surface area contributed by atoms with Crippen LogP contribution in [0.5, 0.6) is 0 Å². The first-order chi connectivity index (χ1) is 21.9. The minimum Gasteiger partial charge on any atom is -0.354 e. The van der Waals surface area contributed by atoms with Crippen LogP contribution in [0.15, 0.2) is 119 Å². The number of hydrogen-bond acceptors (Lipinski definition) is 4. The van der Waals surface area contributed by atoms with Crippen molar-refractivity contribution in [3.05, 3.63) is 130 Å². The second-order valence-corrected chi connectivity index (χ2v) is 13.3. The Balaban J connectivity index is 1.83. The van der Waals surface area contributed by atoms with Crippen LogP contribution in [0.2, 0.25) is 0 Å². The maximum absolute atomic E-state index is 14.4. The summed E-state index contributed by atoms with van der Waals surface area (Å²) < 4.78 is 70.5. The molecule has 0 saturated heterocycles. The lowest BCUT2D eigenvalue weighted by atomic mass is 10.0. The van der Waals surface area contributed by atoms with Gasteiger partial charge in [0, 0.05) is 24.0 Å². The number of nitrogens with zero attached hydrogens (tertiary/aromatic N) is 2. The van der Waals surface area contributed by atoms with Crippen molar-refractivity contribution < 1.29 is 31.2 Å². The summed E-state index contributed by atoms with van der Waals surface area (Å²) in [6.07, 6.45) is -4.00. The first-order valence-electron chi connectivity index (χ1n) is 14.5. The Morgan fingerprint density at radius 3 is 2.11 bits per heavy atom. The van der Waals surface area contributed by atoms with Crippen LogP contribution in [-0.4, -0.2) is 44.3 Å². The van der Waals surface area contributed by atoms with Gasteiger partial charge in [-0.05, 0) is 60.0 Å². The van der Waals surface area contributed by atoms with Crippen LogP contribution < -0.4 is 9.62 Å². The number of benzene rings is 4. The molecule has 7 nitrogen and oxygen atoms in total. The highest BCUT2D eigenvalue weighted by Gasteiger charge is 2.36.